The molecule has 0 aromatic heterocycles. The van der Waals surface area contributed by atoms with Crippen LogP contribution in [0.25, 0.3) is 0 Å². The van der Waals surface area contributed by atoms with Crippen molar-refractivity contribution in [1.29, 1.82) is 0 Å². The number of phenolic OH excluding ortho intramolecular Hbond substituents is 1. The molecular formula is C21H33NO3. The number of hydrogen-bond acceptors (Lipinski definition) is 4. The Bertz CT molecular complexity index is 524. The number of aldehydes is 1. The Balaban J connectivity index is 1.89. The van der Waals surface area contributed by atoms with Gasteiger partial charge in [0.05, 0.1) is 18.8 Å². The molecule has 1 aromatic carbocycles. The number of rotatable bonds is 11. The monoisotopic (exact) mass is 347 g/mol. The molecule has 0 radical (unpaired) electrons. The predicted octanol–water partition coefficient (Wildman–Crippen LogP) is 4.33. The van der Waals surface area contributed by atoms with Crippen molar-refractivity contribution >= 4 is 6.29 Å². The normalized spacial score (nSPS) is 15.4. The van der Waals surface area contributed by atoms with Crippen molar-refractivity contribution in [3.8, 4) is 5.75 Å². The molecule has 1 aliphatic rings. The first-order valence-corrected chi connectivity index (χ1v) is 9.84. The van der Waals surface area contributed by atoms with Crippen LogP contribution in [-0.2, 0) is 17.7 Å². The predicted molar refractivity (Wildman–Crippen MR) is 101 cm³/mol. The van der Waals surface area contributed by atoms with Crippen molar-refractivity contribution in [3.63, 3.8) is 0 Å². The third-order valence-corrected chi connectivity index (χ3v) is 4.97. The topological polar surface area (TPSA) is 49.8 Å². The van der Waals surface area contributed by atoms with Crippen LogP contribution < -0.4 is 0 Å². The zero-order valence-electron chi connectivity index (χ0n) is 15.6. The molecule has 140 valence electrons. The fraction of sp³-hybridized carbons (Fsp3) is 0.667. The number of carbonyl (C=O) groups is 1. The lowest BCUT2D eigenvalue weighted by atomic mass is 9.99. The van der Waals surface area contributed by atoms with Gasteiger partial charge in [-0.1, -0.05) is 51.5 Å². The number of unbranched alkanes of at least 4 members (excludes halogenated alkanes) is 6. The second-order valence-corrected chi connectivity index (χ2v) is 7.07. The standard InChI is InChI=1S/C21H33NO3/c1-2-3-4-5-6-7-8-9-18-14-19(21(24)20(15-18)17-23)16-22-10-12-25-13-11-22/h14-15,17,24H,2-13,16H2,1H3. The quantitative estimate of drug-likeness (QED) is 0.478. The summed E-state index contributed by atoms with van der Waals surface area (Å²) < 4.78 is 5.38. The van der Waals surface area contributed by atoms with Crippen LogP contribution in [0.5, 0.6) is 5.75 Å². The van der Waals surface area contributed by atoms with Crippen LogP contribution in [0.2, 0.25) is 0 Å². The summed E-state index contributed by atoms with van der Waals surface area (Å²) in [5.74, 6) is 0.143. The van der Waals surface area contributed by atoms with Gasteiger partial charge in [-0.3, -0.25) is 9.69 Å². The molecule has 0 atom stereocenters. The number of carbonyl (C=O) groups excluding carboxylic acids is 1. The lowest BCUT2D eigenvalue weighted by Crippen LogP contribution is -2.35. The van der Waals surface area contributed by atoms with Crippen LogP contribution in [0, 0.1) is 0 Å². The summed E-state index contributed by atoms with van der Waals surface area (Å²) in [4.78, 5) is 13.6. The molecule has 1 aliphatic heterocycles. The molecular weight excluding hydrogens is 314 g/mol. The van der Waals surface area contributed by atoms with Gasteiger partial charge in [0.15, 0.2) is 6.29 Å². The van der Waals surface area contributed by atoms with E-state index in [9.17, 15) is 9.90 Å². The molecule has 25 heavy (non-hydrogen) atoms. The van der Waals surface area contributed by atoms with Gasteiger partial charge in [-0.2, -0.15) is 0 Å². The molecule has 1 N–H and O–H groups in total. The van der Waals surface area contributed by atoms with Gasteiger partial charge < -0.3 is 9.84 Å². The summed E-state index contributed by atoms with van der Waals surface area (Å²) in [6.45, 7) is 6.14. The largest absolute Gasteiger partial charge is 0.507 e. The number of aryl methyl sites for hydroxylation is 1. The number of phenols is 1. The fourth-order valence-electron chi connectivity index (χ4n) is 3.43. The smallest absolute Gasteiger partial charge is 0.153 e. The minimum atomic E-state index is 0.143. The maximum Gasteiger partial charge on any atom is 0.153 e. The summed E-state index contributed by atoms with van der Waals surface area (Å²) in [7, 11) is 0. The summed E-state index contributed by atoms with van der Waals surface area (Å²) in [5, 5.41) is 10.3. The van der Waals surface area contributed by atoms with Crippen molar-refractivity contribution in [1.82, 2.24) is 4.90 Å². The zero-order valence-corrected chi connectivity index (χ0v) is 15.6. The second kappa shape index (κ2) is 11.3. The van der Waals surface area contributed by atoms with Gasteiger partial charge in [-0.15, -0.1) is 0 Å². The molecule has 0 unspecified atom stereocenters. The van der Waals surface area contributed by atoms with E-state index in [2.05, 4.69) is 17.9 Å². The molecule has 1 aromatic rings. The lowest BCUT2D eigenvalue weighted by molar-refractivity contribution is 0.0338. The molecule has 0 bridgehead atoms. The molecule has 1 heterocycles. The number of nitrogens with zero attached hydrogens (tertiary/aromatic N) is 1. The highest BCUT2D eigenvalue weighted by Crippen LogP contribution is 2.26. The maximum absolute atomic E-state index is 11.3. The van der Waals surface area contributed by atoms with Crippen molar-refractivity contribution < 1.29 is 14.6 Å². The summed E-state index contributed by atoms with van der Waals surface area (Å²) in [6.07, 6.45) is 10.7. The van der Waals surface area contributed by atoms with E-state index in [1.54, 1.807) is 0 Å². The minimum Gasteiger partial charge on any atom is -0.507 e. The van der Waals surface area contributed by atoms with Crippen LogP contribution in [0.1, 0.15) is 73.4 Å². The molecule has 0 amide bonds. The molecule has 0 spiro atoms. The van der Waals surface area contributed by atoms with Crippen LogP contribution >= 0.6 is 0 Å². The Morgan fingerprint density at radius 1 is 1.08 bits per heavy atom. The number of ether oxygens (including phenoxy) is 1. The number of benzene rings is 1. The second-order valence-electron chi connectivity index (χ2n) is 7.07. The van der Waals surface area contributed by atoms with Crippen molar-refractivity contribution in [2.45, 2.75) is 64.8 Å². The number of aromatic hydroxyl groups is 1. The Morgan fingerprint density at radius 3 is 2.44 bits per heavy atom. The number of hydrogen-bond donors (Lipinski definition) is 1. The van der Waals surface area contributed by atoms with E-state index in [1.807, 2.05) is 6.07 Å². The van der Waals surface area contributed by atoms with E-state index < -0.39 is 0 Å². The van der Waals surface area contributed by atoms with Crippen molar-refractivity contribution in [2.75, 3.05) is 26.3 Å². The minimum absolute atomic E-state index is 0.143. The van der Waals surface area contributed by atoms with Crippen LogP contribution in [-0.4, -0.2) is 42.6 Å². The SMILES string of the molecule is CCCCCCCCCc1cc(C=O)c(O)c(CN2CCOCC2)c1. The van der Waals surface area contributed by atoms with Crippen LogP contribution in [0.3, 0.4) is 0 Å². The van der Waals surface area contributed by atoms with E-state index in [0.29, 0.717) is 12.1 Å². The van der Waals surface area contributed by atoms with Gasteiger partial charge in [0.25, 0.3) is 0 Å². The van der Waals surface area contributed by atoms with Gasteiger partial charge in [-0.05, 0) is 24.5 Å². The van der Waals surface area contributed by atoms with Gasteiger partial charge in [0.1, 0.15) is 5.75 Å². The van der Waals surface area contributed by atoms with Crippen LogP contribution in [0.15, 0.2) is 12.1 Å². The molecule has 4 heteroatoms. The van der Waals surface area contributed by atoms with E-state index in [1.165, 1.54) is 38.5 Å². The lowest BCUT2D eigenvalue weighted by Gasteiger charge is -2.27. The van der Waals surface area contributed by atoms with Gasteiger partial charge >= 0.3 is 0 Å². The molecule has 4 nitrogen and oxygen atoms in total. The first-order chi connectivity index (χ1) is 12.2. The summed E-state index contributed by atoms with van der Waals surface area (Å²) >= 11 is 0. The van der Waals surface area contributed by atoms with E-state index in [4.69, 9.17) is 4.74 Å². The third kappa shape index (κ3) is 6.79. The first kappa shape index (κ1) is 19.9. The highest BCUT2D eigenvalue weighted by atomic mass is 16.5. The Morgan fingerprint density at radius 2 is 1.76 bits per heavy atom. The average Bonchev–Trinajstić information content (AvgIpc) is 2.64. The van der Waals surface area contributed by atoms with Gasteiger partial charge in [-0.25, -0.2) is 0 Å². The summed E-state index contributed by atoms with van der Waals surface area (Å²) in [6, 6.07) is 3.93. The maximum atomic E-state index is 11.3. The van der Waals surface area contributed by atoms with E-state index >= 15 is 0 Å². The van der Waals surface area contributed by atoms with Crippen molar-refractivity contribution in [2.24, 2.45) is 0 Å². The Kier molecular flexibility index (Phi) is 8.98. The highest BCUT2D eigenvalue weighted by molar-refractivity contribution is 5.80. The molecule has 0 aliphatic carbocycles. The van der Waals surface area contributed by atoms with Gasteiger partial charge in [0, 0.05) is 25.2 Å². The molecule has 2 rings (SSSR count). The van der Waals surface area contributed by atoms with Gasteiger partial charge in [0.2, 0.25) is 0 Å². The van der Waals surface area contributed by atoms with E-state index in [-0.39, 0.29) is 5.75 Å². The Hall–Kier alpha value is -1.39. The van der Waals surface area contributed by atoms with Crippen LogP contribution in [0.4, 0.5) is 0 Å². The highest BCUT2D eigenvalue weighted by Gasteiger charge is 2.15. The zero-order chi connectivity index (χ0) is 17.9. The fourth-order valence-corrected chi connectivity index (χ4v) is 3.43. The third-order valence-electron chi connectivity index (χ3n) is 4.97. The summed E-state index contributed by atoms with van der Waals surface area (Å²) in [5.41, 5.74) is 2.45. The average molecular weight is 347 g/mol. The first-order valence-electron chi connectivity index (χ1n) is 9.84. The molecule has 1 saturated heterocycles. The van der Waals surface area contributed by atoms with Crippen molar-refractivity contribution in [3.05, 3.63) is 28.8 Å². The number of morpholine rings is 1. The molecule has 0 saturated carbocycles. The Labute approximate surface area is 152 Å². The molecule has 1 fully saturated rings. The van der Waals surface area contributed by atoms with E-state index in [0.717, 1.165) is 56.6 Å².